The molecule has 2 heterocycles. The van der Waals surface area contributed by atoms with Crippen molar-refractivity contribution in [2.75, 3.05) is 4.90 Å². The van der Waals surface area contributed by atoms with Crippen molar-refractivity contribution in [2.45, 2.75) is 0 Å². The number of halogens is 4. The van der Waals surface area contributed by atoms with Gasteiger partial charge in [-0.05, 0) is 71.1 Å². The summed E-state index contributed by atoms with van der Waals surface area (Å²) in [4.78, 5) is 10.4. The van der Waals surface area contributed by atoms with E-state index in [2.05, 4.69) is 9.97 Å². The van der Waals surface area contributed by atoms with Gasteiger partial charge >= 0.3 is 0 Å². The van der Waals surface area contributed by atoms with Crippen LogP contribution in [-0.4, -0.2) is 9.97 Å². The van der Waals surface area contributed by atoms with E-state index in [1.165, 1.54) is 24.3 Å². The number of hydrogen-bond donors (Lipinski definition) is 0. The summed E-state index contributed by atoms with van der Waals surface area (Å²) in [6.45, 7) is 0. The van der Waals surface area contributed by atoms with Gasteiger partial charge in [-0.2, -0.15) is 0 Å². The van der Waals surface area contributed by atoms with E-state index in [0.29, 0.717) is 61.8 Å². The maximum absolute atomic E-state index is 15.7. The Morgan fingerprint density at radius 3 is 1.41 bits per heavy atom. The molecule has 0 radical (unpaired) electrons. The normalized spacial score (nSPS) is 11.1. The van der Waals surface area contributed by atoms with Crippen LogP contribution in [0.3, 0.4) is 0 Å². The van der Waals surface area contributed by atoms with E-state index in [4.69, 9.17) is 0 Å². The van der Waals surface area contributed by atoms with Crippen molar-refractivity contribution in [3.05, 3.63) is 187 Å². The molecule has 0 amide bonds. The molecule has 3 nitrogen and oxygen atoms in total. The van der Waals surface area contributed by atoms with Gasteiger partial charge in [0.05, 0.1) is 29.5 Å². The Labute approximate surface area is 291 Å². The fourth-order valence-corrected chi connectivity index (χ4v) is 6.40. The van der Waals surface area contributed by atoms with E-state index in [0.717, 1.165) is 23.2 Å². The fourth-order valence-electron chi connectivity index (χ4n) is 6.40. The predicted molar refractivity (Wildman–Crippen MR) is 196 cm³/mol. The number of benzene rings is 6. The van der Waals surface area contributed by atoms with Gasteiger partial charge in [0.25, 0.3) is 0 Å². The molecule has 8 aromatic rings. The second kappa shape index (κ2) is 13.4. The van der Waals surface area contributed by atoms with Gasteiger partial charge in [-0.3, -0.25) is 9.97 Å². The SMILES string of the molecule is Fc1cc(-c2cc(-c3ccccc3)c(F)cn2)cc(N(c2cc(F)cc(-c3cc(-c4ccccc4)c(F)cn3)c2)c2cccc3ccccc23)c1. The Morgan fingerprint density at radius 2 is 0.882 bits per heavy atom. The van der Waals surface area contributed by atoms with Gasteiger partial charge in [0, 0.05) is 39.0 Å². The highest BCUT2D eigenvalue weighted by Gasteiger charge is 2.21. The lowest BCUT2D eigenvalue weighted by molar-refractivity contribution is 0.624. The number of nitrogens with zero attached hydrogens (tertiary/aromatic N) is 3. The van der Waals surface area contributed by atoms with Crippen molar-refractivity contribution in [2.24, 2.45) is 0 Å². The molecule has 6 aromatic carbocycles. The van der Waals surface area contributed by atoms with Crippen LogP contribution in [-0.2, 0) is 0 Å². The highest BCUT2D eigenvalue weighted by atomic mass is 19.1. The Morgan fingerprint density at radius 1 is 0.412 bits per heavy atom. The van der Waals surface area contributed by atoms with Crippen LogP contribution in [0.1, 0.15) is 0 Å². The lowest BCUT2D eigenvalue weighted by Crippen LogP contribution is -2.12. The van der Waals surface area contributed by atoms with E-state index in [1.54, 1.807) is 53.4 Å². The number of pyridine rings is 2. The van der Waals surface area contributed by atoms with Crippen LogP contribution >= 0.6 is 0 Å². The molecule has 0 saturated heterocycles. The van der Waals surface area contributed by atoms with Crippen molar-refractivity contribution < 1.29 is 17.6 Å². The summed E-state index contributed by atoms with van der Waals surface area (Å²) in [6.07, 6.45) is 2.26. The summed E-state index contributed by atoms with van der Waals surface area (Å²) in [5, 5.41) is 1.77. The van der Waals surface area contributed by atoms with Crippen LogP contribution in [0.25, 0.3) is 55.5 Å². The Bertz CT molecular complexity index is 2390. The zero-order valence-corrected chi connectivity index (χ0v) is 26.9. The monoisotopic (exact) mass is 673 g/mol. The molecule has 51 heavy (non-hydrogen) atoms. The quantitative estimate of drug-likeness (QED) is 0.158. The number of rotatable bonds is 7. The topological polar surface area (TPSA) is 29.0 Å². The van der Waals surface area contributed by atoms with Gasteiger partial charge in [0.2, 0.25) is 0 Å². The summed E-state index contributed by atoms with van der Waals surface area (Å²) in [7, 11) is 0. The molecule has 0 atom stereocenters. The van der Waals surface area contributed by atoms with Crippen molar-refractivity contribution >= 4 is 27.8 Å². The van der Waals surface area contributed by atoms with E-state index in [9.17, 15) is 0 Å². The van der Waals surface area contributed by atoms with Crippen molar-refractivity contribution in [1.82, 2.24) is 9.97 Å². The molecule has 2 aromatic heterocycles. The third-order valence-electron chi connectivity index (χ3n) is 8.76. The predicted octanol–water partition coefficient (Wildman–Crippen LogP) is 12.3. The van der Waals surface area contributed by atoms with Gasteiger partial charge < -0.3 is 4.90 Å². The minimum atomic E-state index is -0.565. The molecule has 8 rings (SSSR count). The molecule has 0 N–H and O–H groups in total. The first-order valence-corrected chi connectivity index (χ1v) is 16.2. The maximum Gasteiger partial charge on any atom is 0.149 e. The van der Waals surface area contributed by atoms with Crippen LogP contribution in [0.15, 0.2) is 164 Å². The molecule has 0 bridgehead atoms. The molecule has 0 aliphatic carbocycles. The maximum atomic E-state index is 15.7. The molecular formula is C44H27F4N3. The molecule has 0 fully saturated rings. The van der Waals surface area contributed by atoms with Gasteiger partial charge in [0.15, 0.2) is 0 Å². The molecule has 0 saturated carbocycles. The Balaban J connectivity index is 1.31. The zero-order chi connectivity index (χ0) is 34.9. The Kier molecular flexibility index (Phi) is 8.30. The largest absolute Gasteiger partial charge is 0.310 e. The summed E-state index contributed by atoms with van der Waals surface area (Å²) >= 11 is 0. The van der Waals surface area contributed by atoms with Crippen LogP contribution in [0, 0.1) is 23.3 Å². The Hall–Kier alpha value is -6.60. The molecule has 246 valence electrons. The second-order valence-corrected chi connectivity index (χ2v) is 12.1. The lowest BCUT2D eigenvalue weighted by atomic mass is 10.0. The number of fused-ring (bicyclic) bond motifs is 1. The minimum absolute atomic E-state index is 0.328. The third-order valence-corrected chi connectivity index (χ3v) is 8.76. The number of hydrogen-bond acceptors (Lipinski definition) is 3. The van der Waals surface area contributed by atoms with E-state index < -0.39 is 23.3 Å². The second-order valence-electron chi connectivity index (χ2n) is 12.1. The fraction of sp³-hybridized carbons (Fsp3) is 0. The standard InChI is InChI=1S/C44H27F4N3/c45-33-18-31(42-24-38(40(47)26-49-42)29-10-3-1-4-11-29)20-35(22-33)51(44-17-9-15-28-14-7-8-16-37(28)44)36-21-32(19-34(46)23-36)43-25-39(41(48)27-50-43)30-12-5-2-6-13-30/h1-27H. The first-order chi connectivity index (χ1) is 24.9. The number of anilines is 3. The molecular weight excluding hydrogens is 646 g/mol. The van der Waals surface area contributed by atoms with Gasteiger partial charge in [0.1, 0.15) is 23.3 Å². The summed E-state index contributed by atoms with van der Waals surface area (Å²) in [6, 6.07) is 43.7. The molecule has 0 aliphatic heterocycles. The summed E-state index contributed by atoms with van der Waals surface area (Å²) in [5.74, 6) is -2.14. The number of aromatic nitrogens is 2. The molecule has 7 heteroatoms. The van der Waals surface area contributed by atoms with Crippen LogP contribution in [0.2, 0.25) is 0 Å². The first-order valence-electron chi connectivity index (χ1n) is 16.2. The van der Waals surface area contributed by atoms with E-state index in [1.807, 2.05) is 78.9 Å². The van der Waals surface area contributed by atoms with Crippen molar-refractivity contribution in [3.8, 4) is 44.8 Å². The van der Waals surface area contributed by atoms with Gasteiger partial charge in [-0.15, -0.1) is 0 Å². The summed E-state index contributed by atoms with van der Waals surface area (Å²) in [5.41, 5.74) is 4.90. The molecule has 0 unspecified atom stereocenters. The minimum Gasteiger partial charge on any atom is -0.310 e. The average molecular weight is 674 g/mol. The summed E-state index contributed by atoms with van der Waals surface area (Å²) < 4.78 is 61.5. The van der Waals surface area contributed by atoms with Crippen LogP contribution < -0.4 is 4.90 Å². The smallest absolute Gasteiger partial charge is 0.149 e. The van der Waals surface area contributed by atoms with Crippen molar-refractivity contribution in [1.29, 1.82) is 0 Å². The highest BCUT2D eigenvalue weighted by molar-refractivity contribution is 5.99. The van der Waals surface area contributed by atoms with Gasteiger partial charge in [-0.1, -0.05) is 97.1 Å². The third kappa shape index (κ3) is 6.33. The van der Waals surface area contributed by atoms with Crippen molar-refractivity contribution in [3.63, 3.8) is 0 Å². The van der Waals surface area contributed by atoms with Crippen LogP contribution in [0.4, 0.5) is 34.6 Å². The van der Waals surface area contributed by atoms with E-state index in [-0.39, 0.29) is 0 Å². The zero-order valence-electron chi connectivity index (χ0n) is 26.9. The molecule has 0 aliphatic rings. The van der Waals surface area contributed by atoms with Gasteiger partial charge in [-0.25, -0.2) is 17.6 Å². The lowest BCUT2D eigenvalue weighted by Gasteiger charge is -2.28. The first kappa shape index (κ1) is 31.7. The van der Waals surface area contributed by atoms with E-state index >= 15 is 17.6 Å². The average Bonchev–Trinajstić information content (AvgIpc) is 3.16. The van der Waals surface area contributed by atoms with Crippen LogP contribution in [0.5, 0.6) is 0 Å². The highest BCUT2D eigenvalue weighted by Crippen LogP contribution is 2.42. The molecule has 0 spiro atoms.